The van der Waals surface area contributed by atoms with E-state index >= 15 is 0 Å². The summed E-state index contributed by atoms with van der Waals surface area (Å²) < 4.78 is 0. The Labute approximate surface area is 124 Å². The highest BCUT2D eigenvalue weighted by Crippen LogP contribution is 2.59. The molecular formula is C18H20O3. The van der Waals surface area contributed by atoms with E-state index in [0.29, 0.717) is 30.0 Å². The molecule has 0 spiro atoms. The summed E-state index contributed by atoms with van der Waals surface area (Å²) in [6.45, 7) is 2.15. The molecule has 4 aliphatic rings. The van der Waals surface area contributed by atoms with Gasteiger partial charge in [0.25, 0.3) is 0 Å². The molecule has 21 heavy (non-hydrogen) atoms. The lowest BCUT2D eigenvalue weighted by Gasteiger charge is -2.48. The van der Waals surface area contributed by atoms with E-state index in [1.54, 1.807) is 0 Å². The van der Waals surface area contributed by atoms with Crippen LogP contribution in [-0.4, -0.2) is 17.3 Å². The van der Waals surface area contributed by atoms with Crippen molar-refractivity contribution in [2.45, 2.75) is 45.4 Å². The van der Waals surface area contributed by atoms with Crippen LogP contribution in [0.3, 0.4) is 0 Å². The standard InChI is InChI=1S/C18H20O3/c1-18-9-8-11-10-4-6-15(19)17(21)13(10)3-2-12(11)14(18)5-7-16(18)20/h4,6,11-12,14H,2-3,5,7-9H2,1H3. The fourth-order valence-electron chi connectivity index (χ4n) is 5.39. The molecule has 2 saturated carbocycles. The van der Waals surface area contributed by atoms with Crippen LogP contribution in [0.1, 0.15) is 45.4 Å². The molecular weight excluding hydrogens is 264 g/mol. The van der Waals surface area contributed by atoms with Gasteiger partial charge in [-0.2, -0.15) is 0 Å². The average molecular weight is 284 g/mol. The van der Waals surface area contributed by atoms with Crippen molar-refractivity contribution >= 4 is 17.3 Å². The van der Waals surface area contributed by atoms with Crippen LogP contribution in [0.5, 0.6) is 0 Å². The summed E-state index contributed by atoms with van der Waals surface area (Å²) >= 11 is 0. The van der Waals surface area contributed by atoms with Crippen molar-refractivity contribution in [3.8, 4) is 0 Å². The van der Waals surface area contributed by atoms with Gasteiger partial charge in [-0.05, 0) is 61.5 Å². The Kier molecular flexibility index (Phi) is 2.66. The summed E-state index contributed by atoms with van der Waals surface area (Å²) in [5.41, 5.74) is 1.74. The largest absolute Gasteiger partial charge is 0.299 e. The van der Waals surface area contributed by atoms with Crippen LogP contribution in [0.2, 0.25) is 0 Å². The van der Waals surface area contributed by atoms with Crippen molar-refractivity contribution in [3.05, 3.63) is 23.3 Å². The fourth-order valence-corrected chi connectivity index (χ4v) is 5.39. The van der Waals surface area contributed by atoms with Crippen LogP contribution >= 0.6 is 0 Å². The molecule has 4 aliphatic carbocycles. The normalized spacial score (nSPS) is 42.0. The van der Waals surface area contributed by atoms with Crippen molar-refractivity contribution in [2.24, 2.45) is 23.2 Å². The number of hydrogen-bond acceptors (Lipinski definition) is 3. The number of carbonyl (C=O) groups excluding carboxylic acids is 3. The number of Topliss-reactive ketones (excluding diaryl/α,β-unsaturated/α-hetero) is 2. The van der Waals surface area contributed by atoms with Crippen molar-refractivity contribution in [3.63, 3.8) is 0 Å². The van der Waals surface area contributed by atoms with E-state index in [1.165, 1.54) is 6.08 Å². The smallest absolute Gasteiger partial charge is 0.229 e. The van der Waals surface area contributed by atoms with E-state index in [4.69, 9.17) is 0 Å². The maximum absolute atomic E-state index is 12.3. The maximum Gasteiger partial charge on any atom is 0.229 e. The Morgan fingerprint density at radius 1 is 1.05 bits per heavy atom. The van der Waals surface area contributed by atoms with Crippen LogP contribution in [0.25, 0.3) is 0 Å². The van der Waals surface area contributed by atoms with Crippen LogP contribution in [-0.2, 0) is 14.4 Å². The van der Waals surface area contributed by atoms with E-state index in [2.05, 4.69) is 6.92 Å². The van der Waals surface area contributed by atoms with Crippen LogP contribution in [0.15, 0.2) is 23.3 Å². The van der Waals surface area contributed by atoms with Crippen molar-refractivity contribution in [1.29, 1.82) is 0 Å². The summed E-state index contributed by atoms with van der Waals surface area (Å²) in [5, 5.41) is 0. The second kappa shape index (κ2) is 4.25. The zero-order chi connectivity index (χ0) is 14.8. The minimum atomic E-state index is -0.371. The minimum absolute atomic E-state index is 0.128. The summed E-state index contributed by atoms with van der Waals surface area (Å²) in [7, 11) is 0. The van der Waals surface area contributed by atoms with E-state index in [1.807, 2.05) is 6.08 Å². The van der Waals surface area contributed by atoms with Gasteiger partial charge in [0.05, 0.1) is 0 Å². The van der Waals surface area contributed by atoms with Gasteiger partial charge in [0.2, 0.25) is 11.6 Å². The third kappa shape index (κ3) is 1.63. The molecule has 2 fully saturated rings. The van der Waals surface area contributed by atoms with Gasteiger partial charge in [0.1, 0.15) is 5.78 Å². The lowest BCUT2D eigenvalue weighted by molar-refractivity contribution is -0.132. The highest BCUT2D eigenvalue weighted by Gasteiger charge is 2.55. The monoisotopic (exact) mass is 284 g/mol. The quantitative estimate of drug-likeness (QED) is 0.507. The number of ketones is 3. The van der Waals surface area contributed by atoms with Gasteiger partial charge in [0, 0.05) is 17.4 Å². The zero-order valence-corrected chi connectivity index (χ0v) is 12.4. The molecule has 4 unspecified atom stereocenters. The first-order valence-electron chi connectivity index (χ1n) is 8.05. The van der Waals surface area contributed by atoms with Gasteiger partial charge < -0.3 is 0 Å². The highest BCUT2D eigenvalue weighted by molar-refractivity contribution is 6.48. The van der Waals surface area contributed by atoms with E-state index < -0.39 is 0 Å². The first-order chi connectivity index (χ1) is 10.0. The molecule has 4 rings (SSSR count). The Bertz CT molecular complexity index is 624. The highest BCUT2D eigenvalue weighted by atomic mass is 16.2. The molecule has 4 atom stereocenters. The summed E-state index contributed by atoms with van der Waals surface area (Å²) in [6.07, 6.45) is 8.65. The number of allylic oxidation sites excluding steroid dienone is 4. The fraction of sp³-hybridized carbons (Fsp3) is 0.611. The van der Waals surface area contributed by atoms with Gasteiger partial charge >= 0.3 is 0 Å². The Balaban J connectivity index is 1.72. The molecule has 0 aromatic rings. The van der Waals surface area contributed by atoms with Crippen LogP contribution in [0, 0.1) is 23.2 Å². The summed E-state index contributed by atoms with van der Waals surface area (Å²) in [4.78, 5) is 35.9. The molecule has 0 N–H and O–H groups in total. The third-order valence-corrected chi connectivity index (χ3v) is 6.53. The number of carbonyl (C=O) groups is 3. The molecule has 0 amide bonds. The molecule has 110 valence electrons. The van der Waals surface area contributed by atoms with Gasteiger partial charge in [-0.1, -0.05) is 13.0 Å². The molecule has 0 radical (unpaired) electrons. The topological polar surface area (TPSA) is 51.2 Å². The Morgan fingerprint density at radius 2 is 1.86 bits per heavy atom. The van der Waals surface area contributed by atoms with Crippen LogP contribution < -0.4 is 0 Å². The van der Waals surface area contributed by atoms with E-state index in [9.17, 15) is 14.4 Å². The summed E-state index contributed by atoms with van der Waals surface area (Å²) in [5.74, 6) is 1.14. The molecule has 0 bridgehead atoms. The third-order valence-electron chi connectivity index (χ3n) is 6.53. The van der Waals surface area contributed by atoms with Gasteiger partial charge in [0.15, 0.2) is 0 Å². The average Bonchev–Trinajstić information content (AvgIpc) is 2.78. The second-order valence-electron chi connectivity index (χ2n) is 7.29. The van der Waals surface area contributed by atoms with Crippen molar-refractivity contribution in [2.75, 3.05) is 0 Å². The van der Waals surface area contributed by atoms with Crippen LogP contribution in [0.4, 0.5) is 0 Å². The number of rotatable bonds is 0. The zero-order valence-electron chi connectivity index (χ0n) is 12.4. The molecule has 0 saturated heterocycles. The number of hydrogen-bond donors (Lipinski definition) is 0. The molecule has 0 aromatic heterocycles. The Hall–Kier alpha value is -1.51. The van der Waals surface area contributed by atoms with Crippen molar-refractivity contribution in [1.82, 2.24) is 0 Å². The SMILES string of the molecule is CC12CCC3C4=C(CCC3C1CCC2=O)C(=O)C(=O)C=C4. The molecule has 3 nitrogen and oxygen atoms in total. The predicted octanol–water partition coefficient (Wildman–Crippen LogP) is 2.80. The molecule has 0 aliphatic heterocycles. The Morgan fingerprint density at radius 3 is 2.67 bits per heavy atom. The lowest BCUT2D eigenvalue weighted by Crippen LogP contribution is -2.44. The van der Waals surface area contributed by atoms with Gasteiger partial charge in [-0.3, -0.25) is 14.4 Å². The lowest BCUT2D eigenvalue weighted by atomic mass is 9.55. The minimum Gasteiger partial charge on any atom is -0.299 e. The molecule has 0 aromatic carbocycles. The van der Waals surface area contributed by atoms with Crippen molar-refractivity contribution < 1.29 is 14.4 Å². The van der Waals surface area contributed by atoms with Gasteiger partial charge in [-0.15, -0.1) is 0 Å². The summed E-state index contributed by atoms with van der Waals surface area (Å²) in [6, 6.07) is 0. The second-order valence-corrected chi connectivity index (χ2v) is 7.29. The first-order valence-corrected chi connectivity index (χ1v) is 8.05. The van der Waals surface area contributed by atoms with Gasteiger partial charge in [-0.25, -0.2) is 0 Å². The molecule has 3 heteroatoms. The first kappa shape index (κ1) is 13.2. The number of fused-ring (bicyclic) bond motifs is 4. The predicted molar refractivity (Wildman–Crippen MR) is 77.5 cm³/mol. The van der Waals surface area contributed by atoms with E-state index in [0.717, 1.165) is 43.3 Å². The maximum atomic E-state index is 12.3. The molecule has 0 heterocycles. The van der Waals surface area contributed by atoms with E-state index in [-0.39, 0.29) is 17.0 Å².